The summed E-state index contributed by atoms with van der Waals surface area (Å²) < 4.78 is 32.9. The van der Waals surface area contributed by atoms with E-state index in [1.54, 1.807) is 6.07 Å². The van der Waals surface area contributed by atoms with Crippen LogP contribution in [0.4, 0.5) is 11.4 Å². The van der Waals surface area contributed by atoms with Gasteiger partial charge in [-0.3, -0.25) is 19.2 Å². The van der Waals surface area contributed by atoms with Gasteiger partial charge in [0.1, 0.15) is 12.3 Å². The topological polar surface area (TPSA) is 169 Å². The lowest BCUT2D eigenvalue weighted by molar-refractivity contribution is -0.385. The van der Waals surface area contributed by atoms with E-state index in [1.165, 1.54) is 68.6 Å². The maximum Gasteiger partial charge on any atom is 0.336 e. The fourth-order valence-corrected chi connectivity index (χ4v) is 4.72. The van der Waals surface area contributed by atoms with Crippen LogP contribution in [0.5, 0.6) is 5.75 Å². The summed E-state index contributed by atoms with van der Waals surface area (Å²) in [5.74, 6) is -1.58. The number of nitrogens with zero attached hydrogens (tertiary/aromatic N) is 3. The Morgan fingerprint density at radius 1 is 1.14 bits per heavy atom. The van der Waals surface area contributed by atoms with Crippen molar-refractivity contribution in [2.24, 2.45) is 5.10 Å². The van der Waals surface area contributed by atoms with E-state index >= 15 is 0 Å². The van der Waals surface area contributed by atoms with Gasteiger partial charge in [-0.2, -0.15) is 5.10 Å². The van der Waals surface area contributed by atoms with Crippen molar-refractivity contribution in [3.8, 4) is 5.75 Å². The molecule has 13 heteroatoms. The van der Waals surface area contributed by atoms with Gasteiger partial charge >= 0.3 is 5.97 Å². The van der Waals surface area contributed by atoms with Crippen LogP contribution in [0, 0.1) is 17.0 Å². The van der Waals surface area contributed by atoms with Gasteiger partial charge in [0.05, 0.1) is 34.4 Å². The molecule has 2 N–H and O–H groups in total. The molecule has 0 aromatic heterocycles. The Balaban J connectivity index is 1.93. The first-order valence-corrected chi connectivity index (χ1v) is 12.0. The molecule has 0 saturated carbocycles. The first kappa shape index (κ1) is 26.8. The Morgan fingerprint density at radius 3 is 2.43 bits per heavy atom. The average molecular weight is 527 g/mol. The zero-order chi connectivity index (χ0) is 27.2. The van der Waals surface area contributed by atoms with E-state index in [0.29, 0.717) is 5.75 Å². The molecule has 0 aliphatic heterocycles. The molecule has 37 heavy (non-hydrogen) atoms. The lowest BCUT2D eigenvalue weighted by atomic mass is 10.1. The fourth-order valence-electron chi connectivity index (χ4n) is 3.28. The molecule has 1 amide bonds. The number of anilines is 1. The van der Waals surface area contributed by atoms with Crippen LogP contribution < -0.4 is 14.5 Å². The molecule has 0 spiro atoms. The Morgan fingerprint density at radius 2 is 1.81 bits per heavy atom. The minimum atomic E-state index is -4.44. The number of rotatable bonds is 10. The number of benzene rings is 3. The number of aromatic carboxylic acids is 1. The van der Waals surface area contributed by atoms with E-state index in [4.69, 9.17) is 4.74 Å². The summed E-state index contributed by atoms with van der Waals surface area (Å²) in [6.07, 6.45) is 1.12. The van der Waals surface area contributed by atoms with Crippen molar-refractivity contribution in [3.63, 3.8) is 0 Å². The summed E-state index contributed by atoms with van der Waals surface area (Å²) in [7, 11) is -3.01. The summed E-state index contributed by atoms with van der Waals surface area (Å²) in [6.45, 7) is 0.748. The van der Waals surface area contributed by atoms with Gasteiger partial charge in [0.15, 0.2) is 0 Å². The van der Waals surface area contributed by atoms with E-state index < -0.39 is 33.4 Å². The number of nitrogens with one attached hydrogen (secondary N) is 1. The van der Waals surface area contributed by atoms with Crippen LogP contribution in [0.1, 0.15) is 21.5 Å². The molecule has 3 aromatic carbocycles. The molecular weight excluding hydrogens is 504 g/mol. The second kappa shape index (κ2) is 11.3. The standard InChI is InChI=1S/C24H22N4O8S/c1-16-7-12-20(13-22(16)28(32)33)37(34,35)27(18-8-10-19(36-2)11-9-18)15-23(29)26-25-14-17-5-3-4-6-21(17)24(30)31/h3-14H,15H2,1-2H3,(H,26,29)(H,30,31)/b25-14-. The number of amides is 1. The lowest BCUT2D eigenvalue weighted by Crippen LogP contribution is -2.39. The molecule has 0 saturated heterocycles. The molecule has 192 valence electrons. The minimum absolute atomic E-state index is 0.0381. The van der Waals surface area contributed by atoms with Crippen molar-refractivity contribution in [3.05, 3.63) is 93.5 Å². The summed E-state index contributed by atoms with van der Waals surface area (Å²) in [4.78, 5) is 34.3. The zero-order valence-electron chi connectivity index (χ0n) is 19.7. The molecule has 0 heterocycles. The van der Waals surface area contributed by atoms with Crippen molar-refractivity contribution in [2.75, 3.05) is 18.0 Å². The largest absolute Gasteiger partial charge is 0.497 e. The van der Waals surface area contributed by atoms with Gasteiger partial charge in [-0.25, -0.2) is 18.6 Å². The number of sulfonamides is 1. The van der Waals surface area contributed by atoms with Crippen LogP contribution in [-0.2, 0) is 14.8 Å². The van der Waals surface area contributed by atoms with Crippen molar-refractivity contribution >= 4 is 39.5 Å². The van der Waals surface area contributed by atoms with Crippen LogP contribution >= 0.6 is 0 Å². The van der Waals surface area contributed by atoms with Gasteiger partial charge in [-0.05, 0) is 43.3 Å². The minimum Gasteiger partial charge on any atom is -0.497 e. The van der Waals surface area contributed by atoms with Crippen molar-refractivity contribution in [1.82, 2.24) is 5.43 Å². The summed E-state index contributed by atoms with van der Waals surface area (Å²) in [6, 6.07) is 15.2. The number of ether oxygens (including phenoxy) is 1. The maximum absolute atomic E-state index is 13.5. The van der Waals surface area contributed by atoms with Crippen LogP contribution in [-0.4, -0.2) is 50.2 Å². The second-order valence-corrected chi connectivity index (χ2v) is 9.46. The van der Waals surface area contributed by atoms with Gasteiger partial charge in [-0.15, -0.1) is 0 Å². The third-order valence-electron chi connectivity index (χ3n) is 5.20. The SMILES string of the molecule is COc1ccc(N(CC(=O)N/N=C\c2ccccc2C(=O)O)S(=O)(=O)c2ccc(C)c([N+](=O)[O-])c2)cc1. The molecule has 0 atom stereocenters. The lowest BCUT2D eigenvalue weighted by Gasteiger charge is -2.24. The number of carbonyl (C=O) groups is 2. The Kier molecular flexibility index (Phi) is 8.19. The smallest absolute Gasteiger partial charge is 0.336 e. The summed E-state index contributed by atoms with van der Waals surface area (Å²) in [5, 5.41) is 24.4. The number of aryl methyl sites for hydroxylation is 1. The first-order chi connectivity index (χ1) is 17.5. The molecule has 0 bridgehead atoms. The number of hydrogen-bond donors (Lipinski definition) is 2. The normalized spacial score (nSPS) is 11.2. The van der Waals surface area contributed by atoms with E-state index in [1.807, 2.05) is 0 Å². The Bertz CT molecular complexity index is 1470. The van der Waals surface area contributed by atoms with Crippen LogP contribution in [0.25, 0.3) is 0 Å². The molecule has 0 radical (unpaired) electrons. The van der Waals surface area contributed by atoms with Crippen LogP contribution in [0.15, 0.2) is 76.7 Å². The highest BCUT2D eigenvalue weighted by Gasteiger charge is 2.29. The third-order valence-corrected chi connectivity index (χ3v) is 6.97. The van der Waals surface area contributed by atoms with E-state index in [-0.39, 0.29) is 33.0 Å². The van der Waals surface area contributed by atoms with E-state index in [2.05, 4.69) is 10.5 Å². The molecule has 0 unspecified atom stereocenters. The molecule has 0 aliphatic rings. The zero-order valence-corrected chi connectivity index (χ0v) is 20.5. The van der Waals surface area contributed by atoms with Crippen molar-refractivity contribution in [1.29, 1.82) is 0 Å². The summed E-state index contributed by atoms with van der Waals surface area (Å²) >= 11 is 0. The van der Waals surface area contributed by atoms with Gasteiger partial charge in [0, 0.05) is 17.2 Å². The van der Waals surface area contributed by atoms with Gasteiger partial charge < -0.3 is 9.84 Å². The van der Waals surface area contributed by atoms with Gasteiger partial charge in [0.2, 0.25) is 0 Å². The Hall–Kier alpha value is -4.78. The first-order valence-electron chi connectivity index (χ1n) is 10.6. The molecule has 3 rings (SSSR count). The highest BCUT2D eigenvalue weighted by atomic mass is 32.2. The quantitative estimate of drug-likeness (QED) is 0.231. The molecule has 12 nitrogen and oxygen atoms in total. The summed E-state index contributed by atoms with van der Waals surface area (Å²) in [5.41, 5.74) is 2.35. The number of hydrazone groups is 1. The highest BCUT2D eigenvalue weighted by Crippen LogP contribution is 2.29. The number of carbonyl (C=O) groups excluding carboxylic acids is 1. The third kappa shape index (κ3) is 6.27. The molecule has 0 aliphatic carbocycles. The number of carboxylic acid groups (broad SMARTS) is 1. The van der Waals surface area contributed by atoms with Crippen LogP contribution in [0.2, 0.25) is 0 Å². The van der Waals surface area contributed by atoms with Gasteiger partial charge in [0.25, 0.3) is 21.6 Å². The van der Waals surface area contributed by atoms with Crippen molar-refractivity contribution in [2.45, 2.75) is 11.8 Å². The number of nitro groups is 1. The predicted octanol–water partition coefficient (Wildman–Crippen LogP) is 2.96. The number of nitro benzene ring substituents is 1. The highest BCUT2D eigenvalue weighted by molar-refractivity contribution is 7.92. The fraction of sp³-hybridized carbons (Fsp3) is 0.125. The van der Waals surface area contributed by atoms with E-state index in [9.17, 15) is 33.2 Å². The van der Waals surface area contributed by atoms with E-state index in [0.717, 1.165) is 16.6 Å². The van der Waals surface area contributed by atoms with Gasteiger partial charge in [-0.1, -0.05) is 24.3 Å². The number of carboxylic acids is 1. The maximum atomic E-state index is 13.5. The monoisotopic (exact) mass is 526 g/mol. The predicted molar refractivity (Wildman–Crippen MR) is 134 cm³/mol. The average Bonchev–Trinajstić information content (AvgIpc) is 2.87. The Labute approximate surface area is 212 Å². The molecule has 3 aromatic rings. The number of methoxy groups -OCH3 is 1. The molecule has 0 fully saturated rings. The molecular formula is C24H22N4O8S. The second-order valence-electron chi connectivity index (χ2n) is 7.60. The number of hydrogen-bond acceptors (Lipinski definition) is 8. The van der Waals surface area contributed by atoms with Crippen molar-refractivity contribution < 1.29 is 32.8 Å². The van der Waals surface area contributed by atoms with Crippen LogP contribution in [0.3, 0.4) is 0 Å².